The summed E-state index contributed by atoms with van der Waals surface area (Å²) < 4.78 is 5.86. The molecule has 0 spiro atoms. The molecule has 0 radical (unpaired) electrons. The van der Waals surface area contributed by atoms with Gasteiger partial charge in [-0.3, -0.25) is 4.90 Å². The molecule has 2 N–H and O–H groups in total. The normalized spacial score (nSPS) is 28.7. The number of nitrogens with zero attached hydrogens (tertiary/aromatic N) is 2. The lowest BCUT2D eigenvalue weighted by molar-refractivity contribution is -0.0102. The SMILES string of the molecule is CN1CCCC(N2CCC(OCCCN)CC2)C1. The first-order valence-electron chi connectivity index (χ1n) is 7.54. The van der Waals surface area contributed by atoms with Gasteiger partial charge in [-0.05, 0) is 52.2 Å². The van der Waals surface area contributed by atoms with Gasteiger partial charge in [0.05, 0.1) is 6.10 Å². The molecule has 0 aromatic carbocycles. The van der Waals surface area contributed by atoms with Crippen LogP contribution in [0.4, 0.5) is 0 Å². The maximum Gasteiger partial charge on any atom is 0.0599 e. The van der Waals surface area contributed by atoms with Crippen molar-refractivity contribution >= 4 is 0 Å². The standard InChI is InChI=1S/C14H29N3O/c1-16-8-2-4-13(12-16)17-9-5-14(6-10-17)18-11-3-7-15/h13-14H,2-12,15H2,1H3. The molecule has 1 atom stereocenters. The molecule has 2 rings (SSSR count). The van der Waals surface area contributed by atoms with Crippen molar-refractivity contribution < 1.29 is 4.74 Å². The molecule has 1 unspecified atom stereocenters. The van der Waals surface area contributed by atoms with E-state index < -0.39 is 0 Å². The average Bonchev–Trinajstić information content (AvgIpc) is 2.40. The van der Waals surface area contributed by atoms with Crippen molar-refractivity contribution in [2.75, 3.05) is 46.4 Å². The predicted molar refractivity (Wildman–Crippen MR) is 74.7 cm³/mol. The molecule has 0 aromatic rings. The quantitative estimate of drug-likeness (QED) is 0.742. The number of nitrogens with two attached hydrogens (primary N) is 1. The number of piperidine rings is 2. The molecule has 0 aromatic heterocycles. The lowest BCUT2D eigenvalue weighted by Gasteiger charge is -2.41. The van der Waals surface area contributed by atoms with Gasteiger partial charge in [-0.15, -0.1) is 0 Å². The number of likely N-dealkylation sites (N-methyl/N-ethyl adjacent to an activating group) is 1. The van der Waals surface area contributed by atoms with Gasteiger partial charge in [-0.25, -0.2) is 0 Å². The fourth-order valence-electron chi connectivity index (χ4n) is 3.18. The Morgan fingerprint density at radius 1 is 1.17 bits per heavy atom. The third kappa shape index (κ3) is 4.19. The van der Waals surface area contributed by atoms with E-state index in [1.807, 2.05) is 0 Å². The summed E-state index contributed by atoms with van der Waals surface area (Å²) in [5.74, 6) is 0. The first kappa shape index (κ1) is 14.3. The van der Waals surface area contributed by atoms with Crippen molar-refractivity contribution in [1.82, 2.24) is 9.80 Å². The molecule has 0 aliphatic carbocycles. The monoisotopic (exact) mass is 255 g/mol. The summed E-state index contributed by atoms with van der Waals surface area (Å²) in [6, 6.07) is 0.786. The Kier molecular flexibility index (Phi) is 5.89. The summed E-state index contributed by atoms with van der Waals surface area (Å²) in [7, 11) is 2.24. The molecule has 18 heavy (non-hydrogen) atoms. The minimum absolute atomic E-state index is 0.481. The summed E-state index contributed by atoms with van der Waals surface area (Å²) >= 11 is 0. The molecular formula is C14H29N3O. The van der Waals surface area contributed by atoms with Crippen LogP contribution in [0.2, 0.25) is 0 Å². The first-order chi connectivity index (χ1) is 8.79. The number of rotatable bonds is 5. The highest BCUT2D eigenvalue weighted by Gasteiger charge is 2.27. The topological polar surface area (TPSA) is 41.7 Å². The van der Waals surface area contributed by atoms with Gasteiger partial charge in [0.25, 0.3) is 0 Å². The second kappa shape index (κ2) is 7.43. The average molecular weight is 255 g/mol. The minimum Gasteiger partial charge on any atom is -0.378 e. The number of hydrogen-bond donors (Lipinski definition) is 1. The Labute approximate surface area is 111 Å². The zero-order chi connectivity index (χ0) is 12.8. The van der Waals surface area contributed by atoms with Crippen LogP contribution < -0.4 is 5.73 Å². The smallest absolute Gasteiger partial charge is 0.0599 e. The third-order valence-electron chi connectivity index (χ3n) is 4.29. The van der Waals surface area contributed by atoms with Crippen molar-refractivity contribution in [2.24, 2.45) is 5.73 Å². The van der Waals surface area contributed by atoms with Crippen molar-refractivity contribution in [3.63, 3.8) is 0 Å². The number of likely N-dealkylation sites (tertiary alicyclic amines) is 2. The third-order valence-corrected chi connectivity index (χ3v) is 4.29. The van der Waals surface area contributed by atoms with Crippen LogP contribution in [-0.2, 0) is 4.74 Å². The highest BCUT2D eigenvalue weighted by Crippen LogP contribution is 2.21. The minimum atomic E-state index is 0.481. The molecule has 4 heteroatoms. The Hall–Kier alpha value is -0.160. The zero-order valence-corrected chi connectivity index (χ0v) is 11.8. The van der Waals surface area contributed by atoms with Crippen molar-refractivity contribution in [2.45, 2.75) is 44.2 Å². The van der Waals surface area contributed by atoms with Crippen LogP contribution >= 0.6 is 0 Å². The molecule has 2 aliphatic heterocycles. The van der Waals surface area contributed by atoms with Crippen molar-refractivity contribution in [3.8, 4) is 0 Å². The van der Waals surface area contributed by atoms with Crippen LogP contribution in [0.5, 0.6) is 0 Å². The second-order valence-corrected chi connectivity index (χ2v) is 5.81. The molecule has 0 amide bonds. The highest BCUT2D eigenvalue weighted by molar-refractivity contribution is 4.83. The molecule has 0 saturated carbocycles. The van der Waals surface area contributed by atoms with E-state index in [9.17, 15) is 0 Å². The summed E-state index contributed by atoms with van der Waals surface area (Å²) in [6.45, 7) is 6.53. The fourth-order valence-corrected chi connectivity index (χ4v) is 3.18. The molecular weight excluding hydrogens is 226 g/mol. The van der Waals surface area contributed by atoms with E-state index in [2.05, 4.69) is 16.8 Å². The molecule has 106 valence electrons. The Morgan fingerprint density at radius 3 is 2.61 bits per heavy atom. The van der Waals surface area contributed by atoms with Crippen LogP contribution in [-0.4, -0.2) is 68.3 Å². The van der Waals surface area contributed by atoms with Gasteiger partial charge >= 0.3 is 0 Å². The van der Waals surface area contributed by atoms with E-state index >= 15 is 0 Å². The summed E-state index contributed by atoms with van der Waals surface area (Å²) in [5.41, 5.74) is 5.48. The van der Waals surface area contributed by atoms with E-state index in [0.717, 1.165) is 25.6 Å². The summed E-state index contributed by atoms with van der Waals surface area (Å²) in [5, 5.41) is 0. The van der Waals surface area contributed by atoms with E-state index in [4.69, 9.17) is 10.5 Å². The van der Waals surface area contributed by atoms with Gasteiger partial charge in [-0.2, -0.15) is 0 Å². The summed E-state index contributed by atoms with van der Waals surface area (Å²) in [6.07, 6.45) is 6.61. The summed E-state index contributed by atoms with van der Waals surface area (Å²) in [4.78, 5) is 5.15. The van der Waals surface area contributed by atoms with Crippen molar-refractivity contribution in [3.05, 3.63) is 0 Å². The molecule has 2 aliphatic rings. The van der Waals surface area contributed by atoms with E-state index in [1.165, 1.54) is 51.9 Å². The van der Waals surface area contributed by atoms with Gasteiger partial charge in [0.15, 0.2) is 0 Å². The Bertz CT molecular complexity index is 229. The first-order valence-corrected chi connectivity index (χ1v) is 7.54. The Balaban J connectivity index is 1.66. The van der Waals surface area contributed by atoms with Gasteiger partial charge in [0, 0.05) is 32.3 Å². The van der Waals surface area contributed by atoms with Crippen LogP contribution in [0.25, 0.3) is 0 Å². The lowest BCUT2D eigenvalue weighted by atomic mass is 10.00. The largest absolute Gasteiger partial charge is 0.378 e. The van der Waals surface area contributed by atoms with Crippen LogP contribution in [0, 0.1) is 0 Å². The maximum atomic E-state index is 5.86. The van der Waals surface area contributed by atoms with Gasteiger partial charge in [0.1, 0.15) is 0 Å². The molecule has 2 fully saturated rings. The van der Waals surface area contributed by atoms with Gasteiger partial charge in [0.2, 0.25) is 0 Å². The molecule has 4 nitrogen and oxygen atoms in total. The maximum absolute atomic E-state index is 5.86. The van der Waals surface area contributed by atoms with E-state index in [-0.39, 0.29) is 0 Å². The van der Waals surface area contributed by atoms with Crippen LogP contribution in [0.1, 0.15) is 32.1 Å². The van der Waals surface area contributed by atoms with E-state index in [0.29, 0.717) is 6.10 Å². The van der Waals surface area contributed by atoms with Crippen LogP contribution in [0.15, 0.2) is 0 Å². The number of ether oxygens (including phenoxy) is 1. The highest BCUT2D eigenvalue weighted by atomic mass is 16.5. The zero-order valence-electron chi connectivity index (χ0n) is 11.8. The lowest BCUT2D eigenvalue weighted by Crippen LogP contribution is -2.50. The molecule has 2 heterocycles. The predicted octanol–water partition coefficient (Wildman–Crippen LogP) is 0.910. The van der Waals surface area contributed by atoms with E-state index in [1.54, 1.807) is 0 Å². The molecule has 2 saturated heterocycles. The van der Waals surface area contributed by atoms with Crippen LogP contribution in [0.3, 0.4) is 0 Å². The van der Waals surface area contributed by atoms with Gasteiger partial charge < -0.3 is 15.4 Å². The second-order valence-electron chi connectivity index (χ2n) is 5.81. The van der Waals surface area contributed by atoms with Crippen molar-refractivity contribution in [1.29, 1.82) is 0 Å². The number of hydrogen-bond acceptors (Lipinski definition) is 4. The molecule has 0 bridgehead atoms. The van der Waals surface area contributed by atoms with Gasteiger partial charge in [-0.1, -0.05) is 0 Å². The fraction of sp³-hybridized carbons (Fsp3) is 1.00. The Morgan fingerprint density at radius 2 is 1.94 bits per heavy atom.